The van der Waals surface area contributed by atoms with E-state index in [4.69, 9.17) is 19.4 Å². The number of morpholine rings is 1. The van der Waals surface area contributed by atoms with Gasteiger partial charge >= 0.3 is 17.0 Å². The molecule has 0 radical (unpaired) electrons. The molecule has 0 unspecified atom stereocenters. The molecule has 2 amide bonds. The zero-order valence-corrected chi connectivity index (χ0v) is 36.4. The van der Waals surface area contributed by atoms with Crippen LogP contribution >= 0.6 is 34.0 Å². The van der Waals surface area contributed by atoms with Gasteiger partial charge in [0.25, 0.3) is 5.91 Å². The lowest BCUT2D eigenvalue weighted by Crippen LogP contribution is -2.57. The number of halogens is 3. The fraction of sp³-hybridized carbons (Fsp3) is 0.575. The highest BCUT2D eigenvalue weighted by Crippen LogP contribution is 2.33. The zero-order chi connectivity index (χ0) is 43.5. The minimum Gasteiger partial charge on any atom is -0.506 e. The maximum Gasteiger partial charge on any atom is 0.490 e. The second-order valence-electron chi connectivity index (χ2n) is 15.0. The Balaban J connectivity index is 0.000000896. The smallest absolute Gasteiger partial charge is 0.490 e. The highest BCUT2D eigenvalue weighted by atomic mass is 32.1. The predicted molar refractivity (Wildman–Crippen MR) is 225 cm³/mol. The third-order valence-electron chi connectivity index (χ3n) is 10.4. The number of hydrogen-bond acceptors (Lipinski definition) is 13. The van der Waals surface area contributed by atoms with Gasteiger partial charge in [-0.25, -0.2) is 9.78 Å². The van der Waals surface area contributed by atoms with E-state index in [1.807, 2.05) is 28.2 Å². The van der Waals surface area contributed by atoms with Crippen LogP contribution in [0, 0.1) is 0 Å². The Hall–Kier alpha value is -3.92. The van der Waals surface area contributed by atoms with E-state index in [1.54, 1.807) is 28.7 Å². The van der Waals surface area contributed by atoms with E-state index in [0.717, 1.165) is 71.9 Å². The lowest BCUT2D eigenvalue weighted by Gasteiger charge is -2.47. The van der Waals surface area contributed by atoms with Gasteiger partial charge in [-0.15, -0.1) is 22.7 Å². The van der Waals surface area contributed by atoms with Crippen molar-refractivity contribution in [3.05, 3.63) is 65.3 Å². The number of thiazole rings is 2. The van der Waals surface area contributed by atoms with Crippen molar-refractivity contribution in [2.24, 2.45) is 0 Å². The number of carboxylic acid groups (broad SMARTS) is 1. The molecule has 2 fully saturated rings. The van der Waals surface area contributed by atoms with E-state index < -0.39 is 12.1 Å². The van der Waals surface area contributed by atoms with Crippen LogP contribution in [0.2, 0.25) is 0 Å². The third kappa shape index (κ3) is 13.3. The molecule has 14 nitrogen and oxygen atoms in total. The summed E-state index contributed by atoms with van der Waals surface area (Å²) in [6, 6.07) is 5.74. The molecule has 2 aliphatic heterocycles. The molecular formula is C40H53F3N6O8S3. The largest absolute Gasteiger partial charge is 0.506 e. The van der Waals surface area contributed by atoms with Crippen molar-refractivity contribution in [1.82, 2.24) is 30.0 Å². The van der Waals surface area contributed by atoms with Crippen LogP contribution in [-0.2, 0) is 38.4 Å². The Kier molecular flexibility index (Phi) is 17.1. The summed E-state index contributed by atoms with van der Waals surface area (Å²) in [5.41, 5.74) is 3.05. The number of aromatic nitrogens is 2. The van der Waals surface area contributed by atoms with Gasteiger partial charge in [0.2, 0.25) is 5.91 Å². The van der Waals surface area contributed by atoms with Crippen molar-refractivity contribution in [3.63, 3.8) is 0 Å². The number of nitrogens with one attached hydrogen (secondary N) is 2. The number of H-pyrrole nitrogens is 1. The number of aromatic amines is 1. The number of rotatable bonds is 17. The lowest BCUT2D eigenvalue weighted by molar-refractivity contribution is -0.192. The van der Waals surface area contributed by atoms with Gasteiger partial charge in [0.15, 0.2) is 0 Å². The summed E-state index contributed by atoms with van der Waals surface area (Å²) in [6.07, 6.45) is -1.37. The van der Waals surface area contributed by atoms with Crippen molar-refractivity contribution in [2.75, 3.05) is 72.2 Å². The minimum absolute atomic E-state index is 0.0212. The van der Waals surface area contributed by atoms with Gasteiger partial charge in [0, 0.05) is 62.0 Å². The van der Waals surface area contributed by atoms with E-state index in [-0.39, 0.29) is 28.0 Å². The molecule has 1 aromatic carbocycles. The first-order valence-electron chi connectivity index (χ1n) is 19.9. The van der Waals surface area contributed by atoms with Gasteiger partial charge in [0.05, 0.1) is 48.1 Å². The van der Waals surface area contributed by atoms with Crippen LogP contribution in [0.5, 0.6) is 5.75 Å². The van der Waals surface area contributed by atoms with Gasteiger partial charge in [-0.1, -0.05) is 31.3 Å². The van der Waals surface area contributed by atoms with E-state index in [1.165, 1.54) is 10.4 Å². The van der Waals surface area contributed by atoms with E-state index >= 15 is 0 Å². The molecule has 4 N–H and O–H groups in total. The van der Waals surface area contributed by atoms with Crippen molar-refractivity contribution in [3.8, 4) is 5.75 Å². The van der Waals surface area contributed by atoms with Crippen LogP contribution in [0.4, 0.5) is 13.2 Å². The number of ether oxygens (including phenoxy) is 2. The lowest BCUT2D eigenvalue weighted by atomic mass is 9.89. The normalized spacial score (nSPS) is 15.7. The average Bonchev–Trinajstić information content (AvgIpc) is 3.98. The Bertz CT molecular complexity index is 2090. The summed E-state index contributed by atoms with van der Waals surface area (Å²) in [5.74, 6) is -2.24. The highest BCUT2D eigenvalue weighted by Gasteiger charge is 2.41. The van der Waals surface area contributed by atoms with Crippen LogP contribution in [0.1, 0.15) is 77.5 Å². The number of thiophene rings is 1. The van der Waals surface area contributed by atoms with Gasteiger partial charge < -0.3 is 39.8 Å². The SMILES string of the molecule is CCN(CCNCCc1ccc(O)c2[nH]c(=O)sc12)C(=O)CCOCCc1csc(CN2CCC3(CC2)CN(C(=O)c2csc(C(C)C)n2)CCO3)c1.O=C(O)C(F)(F)F. The first kappa shape index (κ1) is 47.1. The molecule has 330 valence electrons. The summed E-state index contributed by atoms with van der Waals surface area (Å²) in [6.45, 7) is 14.4. The summed E-state index contributed by atoms with van der Waals surface area (Å²) in [5, 5.41) is 25.6. The van der Waals surface area contributed by atoms with Gasteiger partial charge in [-0.3, -0.25) is 19.3 Å². The van der Waals surface area contributed by atoms with E-state index in [2.05, 4.69) is 45.5 Å². The maximum atomic E-state index is 13.2. The fourth-order valence-corrected chi connectivity index (χ4v) is 9.69. The standard InChI is InChI=1S/C38H52N6O6S3.C2HF3O2/c1-4-43(16-13-39-12-7-28-5-6-31(45)33-34(28)53-37(48)41-33)32(46)9-19-49-18-8-27-21-29(51-23-27)22-42-14-10-38(11-15-42)25-44(17-20-50-38)36(47)30-24-52-35(40-30)26(2)3;3-2(4,5)1(6)7/h5-6,21,23-24,26,39,45H,4,7-20,22,25H2,1-3H3,(H,41,48);(H,6,7). The van der Waals surface area contributed by atoms with Crippen molar-refractivity contribution in [1.29, 1.82) is 0 Å². The van der Waals surface area contributed by atoms with E-state index in [9.17, 15) is 32.7 Å². The first-order chi connectivity index (χ1) is 28.6. The molecule has 4 aromatic rings. The van der Waals surface area contributed by atoms with Crippen LogP contribution in [-0.4, -0.2) is 137 Å². The number of alkyl halides is 3. The van der Waals surface area contributed by atoms with Crippen molar-refractivity contribution >= 4 is 62.0 Å². The number of amides is 2. The number of aliphatic carboxylic acids is 1. The number of benzene rings is 1. The van der Waals surface area contributed by atoms with Crippen LogP contribution in [0.15, 0.2) is 33.8 Å². The van der Waals surface area contributed by atoms with E-state index in [0.29, 0.717) is 82.6 Å². The number of carbonyl (C=O) groups is 3. The second kappa shape index (κ2) is 21.7. The Labute approximate surface area is 358 Å². The first-order valence-corrected chi connectivity index (χ1v) is 22.5. The Morgan fingerprint density at radius 3 is 2.53 bits per heavy atom. The number of carbonyl (C=O) groups excluding carboxylic acids is 2. The fourth-order valence-electron chi connectivity index (χ4n) is 7.01. The molecule has 2 aliphatic rings. The molecule has 60 heavy (non-hydrogen) atoms. The molecular weight excluding hydrogens is 846 g/mol. The molecule has 5 heterocycles. The summed E-state index contributed by atoms with van der Waals surface area (Å²) in [4.78, 5) is 61.4. The molecule has 0 atom stereocenters. The van der Waals surface area contributed by atoms with Crippen molar-refractivity contribution < 1.29 is 47.2 Å². The molecule has 2 saturated heterocycles. The quantitative estimate of drug-likeness (QED) is 0.0956. The highest BCUT2D eigenvalue weighted by molar-refractivity contribution is 7.16. The monoisotopic (exact) mass is 898 g/mol. The summed E-state index contributed by atoms with van der Waals surface area (Å²) >= 11 is 4.46. The van der Waals surface area contributed by atoms with Gasteiger partial charge in [-0.05, 0) is 67.8 Å². The Morgan fingerprint density at radius 1 is 1.10 bits per heavy atom. The third-order valence-corrected chi connectivity index (χ3v) is 13.4. The minimum atomic E-state index is -5.08. The van der Waals surface area contributed by atoms with Crippen LogP contribution in [0.25, 0.3) is 10.2 Å². The molecule has 0 saturated carbocycles. The number of phenols is 1. The molecule has 6 rings (SSSR count). The number of hydrogen-bond donors (Lipinski definition) is 4. The average molecular weight is 899 g/mol. The number of phenolic OH excluding ortho intramolecular Hbond substituents is 1. The maximum absolute atomic E-state index is 13.2. The molecule has 1 spiro atoms. The van der Waals surface area contributed by atoms with Crippen LogP contribution in [0.3, 0.4) is 0 Å². The second-order valence-corrected chi connectivity index (χ2v) is 17.9. The number of piperidine rings is 1. The summed E-state index contributed by atoms with van der Waals surface area (Å²) in [7, 11) is 0. The molecule has 0 bridgehead atoms. The van der Waals surface area contributed by atoms with Crippen LogP contribution < -0.4 is 10.2 Å². The molecule has 3 aromatic heterocycles. The van der Waals surface area contributed by atoms with Crippen molar-refractivity contribution in [2.45, 2.75) is 77.1 Å². The number of fused-ring (bicyclic) bond motifs is 1. The predicted octanol–water partition coefficient (Wildman–Crippen LogP) is 5.71. The topological polar surface area (TPSA) is 178 Å². The molecule has 20 heteroatoms. The van der Waals surface area contributed by atoms with Gasteiger partial charge in [-0.2, -0.15) is 13.2 Å². The number of nitrogens with zero attached hydrogens (tertiary/aromatic N) is 4. The Morgan fingerprint density at radius 2 is 1.85 bits per heavy atom. The number of likely N-dealkylation sites (tertiary alicyclic amines) is 1. The number of aromatic hydroxyl groups is 1. The number of carboxylic acids is 1. The number of likely N-dealkylation sites (N-methyl/N-ethyl adjacent to an activating group) is 1. The zero-order valence-electron chi connectivity index (χ0n) is 34.0. The molecule has 0 aliphatic carbocycles. The van der Waals surface area contributed by atoms with Gasteiger partial charge in [0.1, 0.15) is 17.0 Å². The summed E-state index contributed by atoms with van der Waals surface area (Å²) < 4.78 is 44.7.